The second-order valence-corrected chi connectivity index (χ2v) is 5.86. The van der Waals surface area contributed by atoms with Gasteiger partial charge in [-0.25, -0.2) is 0 Å². The topological polar surface area (TPSA) is 42.1 Å². The summed E-state index contributed by atoms with van der Waals surface area (Å²) < 4.78 is 1.03. The van der Waals surface area contributed by atoms with Gasteiger partial charge in [0.25, 0.3) is 0 Å². The van der Waals surface area contributed by atoms with Crippen LogP contribution in [0.4, 0.5) is 0 Å². The Morgan fingerprint density at radius 1 is 1.56 bits per heavy atom. The van der Waals surface area contributed by atoms with E-state index in [4.69, 9.17) is 5.73 Å². The molecule has 3 nitrogen and oxygen atoms in total. The third-order valence-electron chi connectivity index (χ3n) is 3.30. The summed E-state index contributed by atoms with van der Waals surface area (Å²) in [4.78, 5) is 6.83. The monoisotopic (exact) mass is 283 g/mol. The summed E-state index contributed by atoms with van der Waals surface area (Å²) >= 11 is 3.39. The number of nitrogens with zero attached hydrogens (tertiary/aromatic N) is 2. The fourth-order valence-electron chi connectivity index (χ4n) is 2.16. The second kappa shape index (κ2) is 4.82. The number of likely N-dealkylation sites (tertiary alicyclic amines) is 1. The molecule has 2 rings (SSSR count). The van der Waals surface area contributed by atoms with Crippen molar-refractivity contribution in [3.05, 3.63) is 28.5 Å². The highest BCUT2D eigenvalue weighted by molar-refractivity contribution is 9.10. The minimum atomic E-state index is 0.301. The van der Waals surface area contributed by atoms with E-state index in [0.29, 0.717) is 5.41 Å². The van der Waals surface area contributed by atoms with Crippen LogP contribution in [0.1, 0.15) is 19.0 Å². The summed E-state index contributed by atoms with van der Waals surface area (Å²) in [5.74, 6) is 0. The van der Waals surface area contributed by atoms with Crippen LogP contribution in [0, 0.1) is 5.41 Å². The maximum atomic E-state index is 5.80. The molecule has 0 aromatic carbocycles. The van der Waals surface area contributed by atoms with Gasteiger partial charge in [0.05, 0.1) is 5.69 Å². The van der Waals surface area contributed by atoms with Crippen molar-refractivity contribution in [1.29, 1.82) is 0 Å². The Labute approximate surface area is 105 Å². The minimum Gasteiger partial charge on any atom is -0.330 e. The predicted octanol–water partition coefficient (Wildman–Crippen LogP) is 2.01. The van der Waals surface area contributed by atoms with Crippen LogP contribution in [-0.4, -0.2) is 29.5 Å². The molecule has 1 aliphatic heterocycles. The molecule has 1 unspecified atom stereocenters. The quantitative estimate of drug-likeness (QED) is 0.923. The zero-order chi connectivity index (χ0) is 11.6. The molecule has 0 radical (unpaired) electrons. The Kier molecular flexibility index (Phi) is 3.62. The average molecular weight is 284 g/mol. The maximum Gasteiger partial charge on any atom is 0.0544 e. The van der Waals surface area contributed by atoms with Crippen LogP contribution >= 0.6 is 15.9 Å². The van der Waals surface area contributed by atoms with Crippen molar-refractivity contribution in [1.82, 2.24) is 9.88 Å². The van der Waals surface area contributed by atoms with Gasteiger partial charge in [0.1, 0.15) is 0 Å². The number of hydrogen-bond acceptors (Lipinski definition) is 3. The van der Waals surface area contributed by atoms with E-state index in [1.54, 1.807) is 0 Å². The van der Waals surface area contributed by atoms with E-state index < -0.39 is 0 Å². The first-order valence-corrected chi connectivity index (χ1v) is 6.43. The van der Waals surface area contributed by atoms with Crippen LogP contribution in [0.2, 0.25) is 0 Å². The summed E-state index contributed by atoms with van der Waals surface area (Å²) in [6.07, 6.45) is 3.05. The van der Waals surface area contributed by atoms with Crippen molar-refractivity contribution < 1.29 is 0 Å². The van der Waals surface area contributed by atoms with E-state index in [1.165, 1.54) is 6.42 Å². The van der Waals surface area contributed by atoms with Crippen LogP contribution in [0.25, 0.3) is 0 Å². The van der Waals surface area contributed by atoms with E-state index >= 15 is 0 Å². The Hall–Kier alpha value is -0.450. The zero-order valence-electron chi connectivity index (χ0n) is 9.62. The van der Waals surface area contributed by atoms with Crippen LogP contribution in [-0.2, 0) is 6.54 Å². The lowest BCUT2D eigenvalue weighted by atomic mass is 9.90. The van der Waals surface area contributed by atoms with Gasteiger partial charge in [-0.1, -0.05) is 6.92 Å². The smallest absolute Gasteiger partial charge is 0.0544 e. The number of pyridine rings is 1. The molecular weight excluding hydrogens is 266 g/mol. The normalized spacial score (nSPS) is 26.2. The largest absolute Gasteiger partial charge is 0.330 e. The molecular formula is C12H18BrN3. The zero-order valence-corrected chi connectivity index (χ0v) is 11.2. The number of halogens is 1. The Balaban J connectivity index is 1.94. The summed E-state index contributed by atoms with van der Waals surface area (Å²) in [5, 5.41) is 0. The maximum absolute atomic E-state index is 5.80. The molecule has 16 heavy (non-hydrogen) atoms. The molecule has 0 aliphatic carbocycles. The molecule has 1 atom stereocenters. The molecule has 0 bridgehead atoms. The lowest BCUT2D eigenvalue weighted by Gasteiger charge is -2.22. The molecule has 2 N–H and O–H groups in total. The van der Waals surface area contributed by atoms with E-state index in [2.05, 4.69) is 38.8 Å². The second-order valence-electron chi connectivity index (χ2n) is 4.94. The predicted molar refractivity (Wildman–Crippen MR) is 69.0 cm³/mol. The standard InChI is InChI=1S/C12H18BrN3/c1-12(8-14)4-5-16(9-12)7-11-3-2-10(13)6-15-11/h2-3,6H,4-5,7-9,14H2,1H3. The number of rotatable bonds is 3. The Morgan fingerprint density at radius 2 is 2.38 bits per heavy atom. The van der Waals surface area contributed by atoms with Gasteiger partial charge < -0.3 is 5.73 Å². The van der Waals surface area contributed by atoms with Gasteiger partial charge in [0.2, 0.25) is 0 Å². The first kappa shape index (κ1) is 12.0. The van der Waals surface area contributed by atoms with Crippen molar-refractivity contribution >= 4 is 15.9 Å². The lowest BCUT2D eigenvalue weighted by molar-refractivity contribution is 0.272. The molecule has 0 amide bonds. The highest BCUT2D eigenvalue weighted by atomic mass is 79.9. The third-order valence-corrected chi connectivity index (χ3v) is 3.77. The highest BCUT2D eigenvalue weighted by Crippen LogP contribution is 2.29. The van der Waals surface area contributed by atoms with Crippen LogP contribution in [0.5, 0.6) is 0 Å². The SMILES string of the molecule is CC1(CN)CCN(Cc2ccc(Br)cn2)C1. The molecule has 1 aromatic heterocycles. The van der Waals surface area contributed by atoms with E-state index in [-0.39, 0.29) is 0 Å². The van der Waals surface area contributed by atoms with Crippen molar-refractivity contribution in [2.24, 2.45) is 11.1 Å². The van der Waals surface area contributed by atoms with Crippen molar-refractivity contribution in [2.45, 2.75) is 19.9 Å². The molecule has 1 aliphatic rings. The highest BCUT2D eigenvalue weighted by Gasteiger charge is 2.32. The number of aromatic nitrogens is 1. The minimum absolute atomic E-state index is 0.301. The lowest BCUT2D eigenvalue weighted by Crippen LogP contribution is -2.31. The van der Waals surface area contributed by atoms with Gasteiger partial charge in [-0.3, -0.25) is 9.88 Å². The molecule has 1 saturated heterocycles. The Bertz CT molecular complexity index is 352. The summed E-state index contributed by atoms with van der Waals surface area (Å²) in [6, 6.07) is 4.11. The third kappa shape index (κ3) is 2.81. The Morgan fingerprint density at radius 3 is 2.94 bits per heavy atom. The van der Waals surface area contributed by atoms with Crippen molar-refractivity contribution in [3.63, 3.8) is 0 Å². The van der Waals surface area contributed by atoms with Crippen molar-refractivity contribution in [3.8, 4) is 0 Å². The van der Waals surface area contributed by atoms with Crippen molar-refractivity contribution in [2.75, 3.05) is 19.6 Å². The molecule has 2 heterocycles. The summed E-state index contributed by atoms with van der Waals surface area (Å²) in [5.41, 5.74) is 7.23. The van der Waals surface area contributed by atoms with Crippen LogP contribution in [0.3, 0.4) is 0 Å². The number of nitrogens with two attached hydrogens (primary N) is 1. The molecule has 1 aromatic rings. The molecule has 0 spiro atoms. The summed E-state index contributed by atoms with van der Waals surface area (Å²) in [7, 11) is 0. The van der Waals surface area contributed by atoms with Gasteiger partial charge in [-0.2, -0.15) is 0 Å². The van der Waals surface area contributed by atoms with Gasteiger partial charge in [-0.15, -0.1) is 0 Å². The van der Waals surface area contributed by atoms with E-state index in [1.807, 2.05) is 12.3 Å². The molecule has 4 heteroatoms. The fraction of sp³-hybridized carbons (Fsp3) is 0.583. The van der Waals surface area contributed by atoms with Gasteiger partial charge in [0.15, 0.2) is 0 Å². The van der Waals surface area contributed by atoms with Crippen LogP contribution < -0.4 is 5.73 Å². The first-order chi connectivity index (χ1) is 7.61. The van der Waals surface area contributed by atoms with Crippen LogP contribution in [0.15, 0.2) is 22.8 Å². The molecule has 1 fully saturated rings. The number of hydrogen-bond donors (Lipinski definition) is 1. The van der Waals surface area contributed by atoms with E-state index in [9.17, 15) is 0 Å². The van der Waals surface area contributed by atoms with Gasteiger partial charge in [-0.05, 0) is 53.0 Å². The molecule has 88 valence electrons. The van der Waals surface area contributed by atoms with E-state index in [0.717, 1.165) is 36.3 Å². The molecule has 0 saturated carbocycles. The van der Waals surface area contributed by atoms with Gasteiger partial charge >= 0.3 is 0 Å². The first-order valence-electron chi connectivity index (χ1n) is 5.64. The fourth-order valence-corrected chi connectivity index (χ4v) is 2.39. The summed E-state index contributed by atoms with van der Waals surface area (Å²) in [6.45, 7) is 6.19. The van der Waals surface area contributed by atoms with Gasteiger partial charge in [0, 0.05) is 23.8 Å². The average Bonchev–Trinajstić information content (AvgIpc) is 2.65.